The van der Waals surface area contributed by atoms with E-state index in [-0.39, 0.29) is 23.9 Å². The van der Waals surface area contributed by atoms with Gasteiger partial charge in [0.2, 0.25) is 5.91 Å². The highest BCUT2D eigenvalue weighted by Gasteiger charge is 2.22. The number of ether oxygens (including phenoxy) is 1. The van der Waals surface area contributed by atoms with Crippen LogP contribution in [0.5, 0.6) is 5.75 Å². The molecular weight excluding hydrogens is 418 g/mol. The van der Waals surface area contributed by atoms with Crippen LogP contribution in [0, 0.1) is 24.0 Å². The van der Waals surface area contributed by atoms with Crippen molar-refractivity contribution in [2.75, 3.05) is 17.7 Å². The Bertz CT molecular complexity index is 1140. The molecule has 3 aromatic rings. The largest absolute Gasteiger partial charge is 0.495 e. The molecule has 0 spiro atoms. The number of carbonyl (C=O) groups is 2. The molecule has 1 aromatic heterocycles. The summed E-state index contributed by atoms with van der Waals surface area (Å²) in [5.74, 6) is -0.136. The summed E-state index contributed by atoms with van der Waals surface area (Å²) >= 11 is 1.32. The number of nitrogens with one attached hydrogen (secondary N) is 2. The van der Waals surface area contributed by atoms with E-state index in [4.69, 9.17) is 4.74 Å². The number of hydrogen-bond acceptors (Lipinski definition) is 6. The van der Waals surface area contributed by atoms with E-state index in [2.05, 4.69) is 10.6 Å². The molecule has 0 bridgehead atoms. The van der Waals surface area contributed by atoms with Gasteiger partial charge in [-0.2, -0.15) is 0 Å². The molecule has 3 rings (SSSR count). The summed E-state index contributed by atoms with van der Waals surface area (Å²) in [5.41, 5.74) is 2.30. The minimum Gasteiger partial charge on any atom is -0.495 e. The van der Waals surface area contributed by atoms with Crippen molar-refractivity contribution in [3.05, 3.63) is 80.2 Å². The number of nitro groups is 1. The number of non-ortho nitro benzene ring substituents is 1. The average molecular weight is 439 g/mol. The van der Waals surface area contributed by atoms with Gasteiger partial charge in [-0.05, 0) is 37.1 Å². The van der Waals surface area contributed by atoms with Crippen molar-refractivity contribution in [3.63, 3.8) is 0 Å². The number of hydrogen-bond donors (Lipinski definition) is 2. The third kappa shape index (κ3) is 5.07. The van der Waals surface area contributed by atoms with Crippen molar-refractivity contribution in [1.82, 2.24) is 0 Å². The molecule has 0 aliphatic heterocycles. The van der Waals surface area contributed by atoms with Crippen LogP contribution in [0.15, 0.2) is 48.5 Å². The molecule has 0 radical (unpaired) electrons. The third-order valence-electron chi connectivity index (χ3n) is 4.73. The zero-order valence-corrected chi connectivity index (χ0v) is 18.0. The monoisotopic (exact) mass is 439 g/mol. The van der Waals surface area contributed by atoms with Crippen LogP contribution in [-0.2, 0) is 11.2 Å². The lowest BCUT2D eigenvalue weighted by Gasteiger charge is -2.11. The topological polar surface area (TPSA) is 111 Å². The van der Waals surface area contributed by atoms with Gasteiger partial charge in [-0.25, -0.2) is 0 Å². The minimum absolute atomic E-state index is 0.0293. The second kappa shape index (κ2) is 9.40. The zero-order valence-electron chi connectivity index (χ0n) is 17.2. The van der Waals surface area contributed by atoms with Crippen LogP contribution in [0.3, 0.4) is 0 Å². The normalized spacial score (nSPS) is 10.4. The fourth-order valence-corrected chi connectivity index (χ4v) is 4.09. The van der Waals surface area contributed by atoms with E-state index in [1.807, 2.05) is 13.8 Å². The number of methoxy groups -OCH3 is 1. The maximum Gasteiger partial charge on any atom is 0.269 e. The number of anilines is 2. The van der Waals surface area contributed by atoms with Gasteiger partial charge in [0.05, 0.1) is 29.7 Å². The highest BCUT2D eigenvalue weighted by molar-refractivity contribution is 7.16. The summed E-state index contributed by atoms with van der Waals surface area (Å²) in [4.78, 5) is 36.8. The van der Waals surface area contributed by atoms with Crippen LogP contribution >= 0.6 is 11.3 Å². The van der Waals surface area contributed by atoms with Gasteiger partial charge in [-0.15, -0.1) is 11.3 Å². The lowest BCUT2D eigenvalue weighted by atomic mass is 10.1. The van der Waals surface area contributed by atoms with E-state index < -0.39 is 4.92 Å². The van der Waals surface area contributed by atoms with Crippen LogP contribution in [-0.4, -0.2) is 23.8 Å². The average Bonchev–Trinajstić information content (AvgIpc) is 3.01. The van der Waals surface area contributed by atoms with Gasteiger partial charge in [-0.1, -0.05) is 24.3 Å². The second-order valence-corrected chi connectivity index (χ2v) is 8.02. The Labute approximate surface area is 183 Å². The van der Waals surface area contributed by atoms with Crippen molar-refractivity contribution in [2.24, 2.45) is 0 Å². The molecule has 0 atom stereocenters. The Kier molecular flexibility index (Phi) is 6.66. The molecule has 2 N–H and O–H groups in total. The fraction of sp³-hybridized carbons (Fsp3) is 0.182. The quantitative estimate of drug-likeness (QED) is 0.409. The summed E-state index contributed by atoms with van der Waals surface area (Å²) < 4.78 is 5.28. The molecule has 0 unspecified atom stereocenters. The van der Waals surface area contributed by atoms with Gasteiger partial charge in [0, 0.05) is 17.0 Å². The summed E-state index contributed by atoms with van der Waals surface area (Å²) in [5, 5.41) is 16.9. The van der Waals surface area contributed by atoms with E-state index in [0.717, 1.165) is 10.4 Å². The zero-order chi connectivity index (χ0) is 22.5. The molecule has 0 saturated heterocycles. The Morgan fingerprint density at radius 2 is 1.74 bits per heavy atom. The second-order valence-electron chi connectivity index (χ2n) is 6.79. The van der Waals surface area contributed by atoms with E-state index in [9.17, 15) is 19.7 Å². The SMILES string of the molecule is COc1ccccc1NC(=O)c1c(NC(=O)Cc2ccc([N+](=O)[O-])cc2)sc(C)c1C. The molecule has 160 valence electrons. The number of thiophene rings is 1. The van der Waals surface area contributed by atoms with Crippen LogP contribution in [0.2, 0.25) is 0 Å². The number of aryl methyl sites for hydroxylation is 1. The first-order valence-corrected chi connectivity index (χ1v) is 10.2. The van der Waals surface area contributed by atoms with Gasteiger partial charge >= 0.3 is 0 Å². The Balaban J connectivity index is 1.78. The molecule has 0 fully saturated rings. The van der Waals surface area contributed by atoms with E-state index >= 15 is 0 Å². The first-order valence-electron chi connectivity index (χ1n) is 9.37. The van der Waals surface area contributed by atoms with Crippen LogP contribution in [0.1, 0.15) is 26.4 Å². The van der Waals surface area contributed by atoms with Crippen molar-refractivity contribution in [2.45, 2.75) is 20.3 Å². The van der Waals surface area contributed by atoms with Crippen LogP contribution in [0.25, 0.3) is 0 Å². The summed E-state index contributed by atoms with van der Waals surface area (Å²) in [6.45, 7) is 3.71. The maximum atomic E-state index is 13.0. The number of nitrogens with zero attached hydrogens (tertiary/aromatic N) is 1. The number of nitro benzene ring substituents is 1. The molecule has 1 heterocycles. The lowest BCUT2D eigenvalue weighted by Crippen LogP contribution is -2.19. The predicted molar refractivity (Wildman–Crippen MR) is 120 cm³/mol. The molecule has 2 aromatic carbocycles. The van der Waals surface area contributed by atoms with Gasteiger partial charge in [0.25, 0.3) is 11.6 Å². The van der Waals surface area contributed by atoms with Crippen molar-refractivity contribution in [3.8, 4) is 5.75 Å². The summed E-state index contributed by atoms with van der Waals surface area (Å²) in [6.07, 6.45) is 0.0293. The third-order valence-corrected chi connectivity index (χ3v) is 5.86. The molecule has 8 nitrogen and oxygen atoms in total. The number of amides is 2. The van der Waals surface area contributed by atoms with E-state index in [1.54, 1.807) is 24.3 Å². The van der Waals surface area contributed by atoms with Crippen LogP contribution < -0.4 is 15.4 Å². The number of para-hydroxylation sites is 2. The smallest absolute Gasteiger partial charge is 0.269 e. The Morgan fingerprint density at radius 3 is 2.39 bits per heavy atom. The molecule has 0 aliphatic carbocycles. The maximum absolute atomic E-state index is 13.0. The number of carbonyl (C=O) groups excluding carboxylic acids is 2. The van der Waals surface area contributed by atoms with Gasteiger partial charge < -0.3 is 15.4 Å². The minimum atomic E-state index is -0.492. The lowest BCUT2D eigenvalue weighted by molar-refractivity contribution is -0.384. The summed E-state index contributed by atoms with van der Waals surface area (Å²) in [7, 11) is 1.52. The van der Waals surface area contributed by atoms with Crippen molar-refractivity contribution < 1.29 is 19.2 Å². The molecule has 31 heavy (non-hydrogen) atoms. The molecule has 2 amide bonds. The predicted octanol–water partition coefficient (Wildman–Crippen LogP) is 4.72. The van der Waals surface area contributed by atoms with Gasteiger partial charge in [-0.3, -0.25) is 19.7 Å². The standard InChI is InChI=1S/C22H21N3O5S/c1-13-14(2)31-22(20(13)21(27)23-17-6-4-5-7-18(17)30-3)24-19(26)12-15-8-10-16(11-9-15)25(28)29/h4-11H,12H2,1-3H3,(H,23,27)(H,24,26). The van der Waals surface area contributed by atoms with Crippen molar-refractivity contribution in [1.29, 1.82) is 0 Å². The first kappa shape index (κ1) is 22.0. The Hall–Kier alpha value is -3.72. The molecule has 0 saturated carbocycles. The van der Waals surface area contributed by atoms with E-state index in [1.165, 1.54) is 42.7 Å². The highest BCUT2D eigenvalue weighted by atomic mass is 32.1. The van der Waals surface area contributed by atoms with Gasteiger partial charge in [0.1, 0.15) is 10.8 Å². The molecular formula is C22H21N3O5S. The molecule has 9 heteroatoms. The number of benzene rings is 2. The first-order chi connectivity index (χ1) is 14.8. The highest BCUT2D eigenvalue weighted by Crippen LogP contribution is 2.34. The number of rotatable bonds is 7. The van der Waals surface area contributed by atoms with Crippen LogP contribution in [0.4, 0.5) is 16.4 Å². The van der Waals surface area contributed by atoms with Gasteiger partial charge in [0.15, 0.2) is 0 Å². The Morgan fingerprint density at radius 1 is 1.06 bits per heavy atom. The van der Waals surface area contributed by atoms with Crippen molar-refractivity contribution >= 4 is 39.5 Å². The summed E-state index contributed by atoms with van der Waals surface area (Å²) in [6, 6.07) is 12.9. The molecule has 0 aliphatic rings. The fourth-order valence-electron chi connectivity index (χ4n) is 3.01. The van der Waals surface area contributed by atoms with E-state index in [0.29, 0.717) is 27.6 Å².